The molecule has 7 heteroatoms. The lowest BCUT2D eigenvalue weighted by molar-refractivity contribution is -0.167. The Morgan fingerprint density at radius 1 is 0.960 bits per heavy atom. The summed E-state index contributed by atoms with van der Waals surface area (Å²) in [6.45, 7) is 4.90. The number of nitrogens with zero attached hydrogens (tertiary/aromatic N) is 2. The average molecular weight is 350 g/mol. The number of rotatable bonds is 8. The van der Waals surface area contributed by atoms with Gasteiger partial charge in [-0.05, 0) is 31.5 Å². The van der Waals surface area contributed by atoms with Gasteiger partial charge in [0, 0.05) is 33.3 Å². The summed E-state index contributed by atoms with van der Waals surface area (Å²) in [5.41, 5.74) is 1.80. The number of benzene rings is 1. The molecule has 0 saturated carbocycles. The van der Waals surface area contributed by atoms with Gasteiger partial charge in [-0.3, -0.25) is 4.79 Å². The molecule has 25 heavy (non-hydrogen) atoms. The molecule has 1 rings (SSSR count). The standard InChI is InChI=1S/C18H26N2O5/c1-6-24-17(22)16(18(23)25-7-2)20(13(3)21)12-14-8-10-15(11-9-14)19(4)5/h8-11,16H,6-7,12H2,1-5H3. The van der Waals surface area contributed by atoms with Gasteiger partial charge in [0.15, 0.2) is 0 Å². The molecule has 0 atom stereocenters. The predicted octanol–water partition coefficient (Wildman–Crippen LogP) is 1.60. The van der Waals surface area contributed by atoms with E-state index in [2.05, 4.69) is 0 Å². The molecule has 0 radical (unpaired) electrons. The zero-order valence-electron chi connectivity index (χ0n) is 15.4. The maximum absolute atomic E-state index is 12.2. The van der Waals surface area contributed by atoms with E-state index in [4.69, 9.17) is 9.47 Å². The third kappa shape index (κ3) is 5.77. The van der Waals surface area contributed by atoms with Crippen LogP contribution in [0.3, 0.4) is 0 Å². The number of hydrogen-bond donors (Lipinski definition) is 0. The number of carbonyl (C=O) groups excluding carboxylic acids is 3. The highest BCUT2D eigenvalue weighted by molar-refractivity contribution is 6.02. The minimum Gasteiger partial charge on any atom is -0.464 e. The molecule has 1 amide bonds. The Morgan fingerprint density at radius 2 is 1.44 bits per heavy atom. The minimum atomic E-state index is -1.41. The first kappa shape index (κ1) is 20.5. The molecule has 0 fully saturated rings. The zero-order valence-corrected chi connectivity index (χ0v) is 15.4. The molecular weight excluding hydrogens is 324 g/mol. The maximum Gasteiger partial charge on any atom is 0.340 e. The van der Waals surface area contributed by atoms with Gasteiger partial charge in [0.2, 0.25) is 11.9 Å². The quantitative estimate of drug-likeness (QED) is 0.524. The third-order valence-corrected chi connectivity index (χ3v) is 3.54. The smallest absolute Gasteiger partial charge is 0.340 e. The molecule has 7 nitrogen and oxygen atoms in total. The zero-order chi connectivity index (χ0) is 19.0. The average Bonchev–Trinajstić information content (AvgIpc) is 2.55. The number of anilines is 1. The molecule has 0 aliphatic carbocycles. The minimum absolute atomic E-state index is 0.103. The number of esters is 2. The second-order valence-electron chi connectivity index (χ2n) is 5.61. The van der Waals surface area contributed by atoms with Crippen LogP contribution < -0.4 is 4.90 Å². The molecule has 0 N–H and O–H groups in total. The number of carbonyl (C=O) groups is 3. The fourth-order valence-corrected chi connectivity index (χ4v) is 2.27. The van der Waals surface area contributed by atoms with E-state index in [0.29, 0.717) is 0 Å². The molecule has 0 aromatic heterocycles. The van der Waals surface area contributed by atoms with Gasteiger partial charge in [0.25, 0.3) is 0 Å². The second kappa shape index (κ2) is 9.66. The van der Waals surface area contributed by atoms with E-state index in [1.807, 2.05) is 43.3 Å². The highest BCUT2D eigenvalue weighted by atomic mass is 16.6. The van der Waals surface area contributed by atoms with Crippen LogP contribution in [-0.4, -0.2) is 56.1 Å². The van der Waals surface area contributed by atoms with Crippen LogP contribution in [0.25, 0.3) is 0 Å². The van der Waals surface area contributed by atoms with Crippen molar-refractivity contribution in [1.82, 2.24) is 4.90 Å². The van der Waals surface area contributed by atoms with E-state index in [-0.39, 0.29) is 19.8 Å². The van der Waals surface area contributed by atoms with Crippen LogP contribution in [0.2, 0.25) is 0 Å². The van der Waals surface area contributed by atoms with Crippen molar-refractivity contribution in [3.05, 3.63) is 29.8 Å². The van der Waals surface area contributed by atoms with Crippen LogP contribution in [-0.2, 0) is 30.4 Å². The summed E-state index contributed by atoms with van der Waals surface area (Å²) in [6, 6.07) is 6.08. The van der Waals surface area contributed by atoms with E-state index in [1.165, 1.54) is 11.8 Å². The summed E-state index contributed by atoms with van der Waals surface area (Å²) in [6.07, 6.45) is 0. The number of ether oxygens (including phenoxy) is 2. The molecule has 0 unspecified atom stereocenters. The van der Waals surface area contributed by atoms with E-state index >= 15 is 0 Å². The van der Waals surface area contributed by atoms with Gasteiger partial charge in [-0.2, -0.15) is 0 Å². The van der Waals surface area contributed by atoms with Crippen LogP contribution >= 0.6 is 0 Å². The van der Waals surface area contributed by atoms with Crippen molar-refractivity contribution in [2.75, 3.05) is 32.2 Å². The van der Waals surface area contributed by atoms with Gasteiger partial charge in [-0.1, -0.05) is 12.1 Å². The largest absolute Gasteiger partial charge is 0.464 e. The van der Waals surface area contributed by atoms with Gasteiger partial charge >= 0.3 is 11.9 Å². The first-order valence-electron chi connectivity index (χ1n) is 8.18. The molecule has 138 valence electrons. The van der Waals surface area contributed by atoms with Crippen molar-refractivity contribution in [2.24, 2.45) is 0 Å². The van der Waals surface area contributed by atoms with Gasteiger partial charge in [0.1, 0.15) is 0 Å². The summed E-state index contributed by atoms with van der Waals surface area (Å²) in [5.74, 6) is -2.00. The number of hydrogen-bond acceptors (Lipinski definition) is 6. The first-order valence-corrected chi connectivity index (χ1v) is 8.18. The normalized spacial score (nSPS) is 10.3. The fourth-order valence-electron chi connectivity index (χ4n) is 2.27. The van der Waals surface area contributed by atoms with Crippen molar-refractivity contribution < 1.29 is 23.9 Å². The topological polar surface area (TPSA) is 76.2 Å². The molecule has 0 spiro atoms. The molecule has 1 aromatic carbocycles. The molecule has 1 aromatic rings. The Kier molecular flexibility index (Phi) is 7.91. The lowest BCUT2D eigenvalue weighted by Gasteiger charge is -2.28. The Balaban J connectivity index is 3.09. The maximum atomic E-state index is 12.2. The van der Waals surface area contributed by atoms with Crippen LogP contribution in [0.4, 0.5) is 5.69 Å². The van der Waals surface area contributed by atoms with E-state index in [0.717, 1.165) is 11.3 Å². The Bertz CT molecular complexity index is 580. The molecule has 0 bridgehead atoms. The van der Waals surface area contributed by atoms with Crippen molar-refractivity contribution in [1.29, 1.82) is 0 Å². The molecular formula is C18H26N2O5. The molecule has 0 aliphatic rings. The predicted molar refractivity (Wildman–Crippen MR) is 94.0 cm³/mol. The Hall–Kier alpha value is -2.57. The lowest BCUT2D eigenvalue weighted by Crippen LogP contribution is -2.50. The van der Waals surface area contributed by atoms with Gasteiger partial charge in [-0.15, -0.1) is 0 Å². The molecule has 0 saturated heterocycles. The van der Waals surface area contributed by atoms with Crippen LogP contribution in [0.1, 0.15) is 26.3 Å². The van der Waals surface area contributed by atoms with Gasteiger partial charge < -0.3 is 19.3 Å². The van der Waals surface area contributed by atoms with E-state index < -0.39 is 23.9 Å². The number of amides is 1. The van der Waals surface area contributed by atoms with Crippen LogP contribution in [0.15, 0.2) is 24.3 Å². The molecule has 0 aliphatic heterocycles. The summed E-state index contributed by atoms with van der Waals surface area (Å²) in [7, 11) is 3.85. The SMILES string of the molecule is CCOC(=O)C(C(=O)OCC)N(Cc1ccc(N(C)C)cc1)C(C)=O. The highest BCUT2D eigenvalue weighted by Crippen LogP contribution is 2.16. The second-order valence-corrected chi connectivity index (χ2v) is 5.61. The summed E-state index contributed by atoms with van der Waals surface area (Å²) < 4.78 is 9.90. The Labute approximate surface area is 148 Å². The first-order chi connectivity index (χ1) is 11.8. The van der Waals surface area contributed by atoms with Crippen LogP contribution in [0, 0.1) is 0 Å². The van der Waals surface area contributed by atoms with Gasteiger partial charge in [-0.25, -0.2) is 9.59 Å². The van der Waals surface area contributed by atoms with E-state index in [9.17, 15) is 14.4 Å². The van der Waals surface area contributed by atoms with Crippen molar-refractivity contribution in [3.8, 4) is 0 Å². The van der Waals surface area contributed by atoms with Gasteiger partial charge in [0.05, 0.1) is 13.2 Å². The fraction of sp³-hybridized carbons (Fsp3) is 0.500. The monoisotopic (exact) mass is 350 g/mol. The van der Waals surface area contributed by atoms with E-state index in [1.54, 1.807) is 13.8 Å². The molecule has 0 heterocycles. The summed E-state index contributed by atoms with van der Waals surface area (Å²) >= 11 is 0. The van der Waals surface area contributed by atoms with Crippen molar-refractivity contribution in [3.63, 3.8) is 0 Å². The summed E-state index contributed by atoms with van der Waals surface area (Å²) in [4.78, 5) is 39.6. The lowest BCUT2D eigenvalue weighted by atomic mass is 10.1. The van der Waals surface area contributed by atoms with Crippen molar-refractivity contribution >= 4 is 23.5 Å². The summed E-state index contributed by atoms with van der Waals surface area (Å²) in [5, 5.41) is 0. The van der Waals surface area contributed by atoms with Crippen molar-refractivity contribution in [2.45, 2.75) is 33.4 Å². The third-order valence-electron chi connectivity index (χ3n) is 3.54. The highest BCUT2D eigenvalue weighted by Gasteiger charge is 2.37. The Morgan fingerprint density at radius 3 is 1.80 bits per heavy atom. The van der Waals surface area contributed by atoms with Crippen LogP contribution in [0.5, 0.6) is 0 Å².